The Morgan fingerprint density at radius 2 is 1.59 bits per heavy atom. The second kappa shape index (κ2) is 12.6. The van der Waals surface area contributed by atoms with Crippen molar-refractivity contribution in [2.24, 2.45) is 11.7 Å². The predicted octanol–water partition coefficient (Wildman–Crippen LogP) is 6.64. The zero-order chi connectivity index (χ0) is 22.8. The van der Waals surface area contributed by atoms with Crippen LogP contribution in [0.25, 0.3) is 0 Å². The molecule has 0 radical (unpaired) electrons. The van der Waals surface area contributed by atoms with Gasteiger partial charge in [0.2, 0.25) is 0 Å². The predicted molar refractivity (Wildman–Crippen MR) is 136 cm³/mol. The standard InChI is InChI=1S/C28H35ClN2O/c1-21(2)18-28(31-17-7-11-22-8-4-3-5-9-22)27(30)20-23-10-6-12-26(19-23)32-25-15-13-24(29)14-16-25/h3-6,8-10,12-16,19,21,27-28,31H,7,11,17-18,20,30H2,1-2H3. The first-order chi connectivity index (χ1) is 15.5. The molecule has 32 heavy (non-hydrogen) atoms. The summed E-state index contributed by atoms with van der Waals surface area (Å²) in [5.74, 6) is 2.18. The number of benzene rings is 3. The zero-order valence-corrected chi connectivity index (χ0v) is 19.9. The molecular formula is C28H35ClN2O. The van der Waals surface area contributed by atoms with Crippen LogP contribution < -0.4 is 15.8 Å². The maximum Gasteiger partial charge on any atom is 0.127 e. The average Bonchev–Trinajstić information content (AvgIpc) is 2.78. The van der Waals surface area contributed by atoms with E-state index in [-0.39, 0.29) is 12.1 Å². The average molecular weight is 451 g/mol. The van der Waals surface area contributed by atoms with Gasteiger partial charge in [0, 0.05) is 17.1 Å². The quantitative estimate of drug-likeness (QED) is 0.304. The van der Waals surface area contributed by atoms with E-state index in [1.54, 1.807) is 0 Å². The summed E-state index contributed by atoms with van der Waals surface area (Å²) in [4.78, 5) is 0. The molecule has 0 aliphatic rings. The molecule has 3 rings (SSSR count). The first-order valence-corrected chi connectivity index (χ1v) is 11.9. The van der Waals surface area contributed by atoms with Gasteiger partial charge < -0.3 is 15.8 Å². The van der Waals surface area contributed by atoms with Crippen LogP contribution in [0.1, 0.15) is 37.8 Å². The molecule has 0 spiro atoms. The summed E-state index contributed by atoms with van der Waals surface area (Å²) in [6, 6.07) is 26.6. The molecule has 0 saturated heterocycles. The van der Waals surface area contributed by atoms with E-state index in [1.807, 2.05) is 36.4 Å². The molecular weight excluding hydrogens is 416 g/mol. The fourth-order valence-electron chi connectivity index (χ4n) is 3.93. The Hall–Kier alpha value is -2.33. The number of hydrogen-bond acceptors (Lipinski definition) is 3. The molecule has 2 unspecified atom stereocenters. The maximum absolute atomic E-state index is 6.69. The molecule has 4 heteroatoms. The lowest BCUT2D eigenvalue weighted by Gasteiger charge is -2.27. The molecule has 0 fully saturated rings. The van der Waals surface area contributed by atoms with E-state index in [0.29, 0.717) is 10.9 Å². The summed E-state index contributed by atoms with van der Waals surface area (Å²) in [7, 11) is 0. The summed E-state index contributed by atoms with van der Waals surface area (Å²) < 4.78 is 5.99. The molecule has 0 aromatic heterocycles. The molecule has 3 aromatic rings. The van der Waals surface area contributed by atoms with E-state index >= 15 is 0 Å². The molecule has 2 atom stereocenters. The van der Waals surface area contributed by atoms with Crippen LogP contribution in [-0.2, 0) is 12.8 Å². The Morgan fingerprint density at radius 3 is 2.31 bits per heavy atom. The summed E-state index contributed by atoms with van der Waals surface area (Å²) in [6.45, 7) is 5.48. The van der Waals surface area contributed by atoms with Crippen LogP contribution in [-0.4, -0.2) is 18.6 Å². The van der Waals surface area contributed by atoms with Crippen molar-refractivity contribution in [3.05, 3.63) is 95.0 Å². The number of halogens is 1. The largest absolute Gasteiger partial charge is 0.457 e. The van der Waals surface area contributed by atoms with E-state index in [4.69, 9.17) is 22.1 Å². The van der Waals surface area contributed by atoms with Gasteiger partial charge >= 0.3 is 0 Å². The molecule has 0 aliphatic carbocycles. The van der Waals surface area contributed by atoms with Crippen molar-refractivity contribution in [1.82, 2.24) is 5.32 Å². The van der Waals surface area contributed by atoms with Gasteiger partial charge in [-0.05, 0) is 85.7 Å². The topological polar surface area (TPSA) is 47.3 Å². The summed E-state index contributed by atoms with van der Waals surface area (Å²) in [5, 5.41) is 4.43. The molecule has 3 N–H and O–H groups in total. The Bertz CT molecular complexity index is 928. The van der Waals surface area contributed by atoms with Crippen LogP contribution in [0.5, 0.6) is 11.5 Å². The highest BCUT2D eigenvalue weighted by Gasteiger charge is 2.19. The highest BCUT2D eigenvalue weighted by Crippen LogP contribution is 2.24. The Labute approximate surface area is 198 Å². The van der Waals surface area contributed by atoms with Gasteiger partial charge in [0.05, 0.1) is 0 Å². The minimum Gasteiger partial charge on any atom is -0.457 e. The molecule has 170 valence electrons. The SMILES string of the molecule is CC(C)CC(NCCCc1ccccc1)C(N)Cc1cccc(Oc2ccc(Cl)cc2)c1. The Morgan fingerprint density at radius 1 is 0.875 bits per heavy atom. The highest BCUT2D eigenvalue weighted by molar-refractivity contribution is 6.30. The van der Waals surface area contributed by atoms with Crippen LogP contribution in [0.15, 0.2) is 78.9 Å². The van der Waals surface area contributed by atoms with Crippen molar-refractivity contribution in [3.63, 3.8) is 0 Å². The van der Waals surface area contributed by atoms with Gasteiger partial charge in [-0.25, -0.2) is 0 Å². The summed E-state index contributed by atoms with van der Waals surface area (Å²) in [6.07, 6.45) is 4.06. The van der Waals surface area contributed by atoms with Crippen LogP contribution >= 0.6 is 11.6 Å². The minimum absolute atomic E-state index is 0.0416. The number of ether oxygens (including phenoxy) is 1. The molecule has 0 amide bonds. The Kier molecular flexibility index (Phi) is 9.61. The molecule has 0 aliphatic heterocycles. The molecule has 3 aromatic carbocycles. The number of rotatable bonds is 12. The van der Waals surface area contributed by atoms with E-state index < -0.39 is 0 Å². The minimum atomic E-state index is 0.0416. The number of nitrogens with one attached hydrogen (secondary N) is 1. The number of hydrogen-bond donors (Lipinski definition) is 2. The lowest BCUT2D eigenvalue weighted by Crippen LogP contribution is -2.47. The molecule has 0 saturated carbocycles. The molecule has 3 nitrogen and oxygen atoms in total. The van der Waals surface area contributed by atoms with E-state index in [1.165, 1.54) is 11.1 Å². The number of nitrogens with two attached hydrogens (primary N) is 1. The lowest BCUT2D eigenvalue weighted by atomic mass is 9.93. The third-order valence-electron chi connectivity index (χ3n) is 5.55. The van der Waals surface area contributed by atoms with Crippen molar-refractivity contribution in [3.8, 4) is 11.5 Å². The normalized spacial score (nSPS) is 13.2. The van der Waals surface area contributed by atoms with Crippen molar-refractivity contribution >= 4 is 11.6 Å². The fourth-order valence-corrected chi connectivity index (χ4v) is 4.06. The first-order valence-electron chi connectivity index (χ1n) is 11.5. The van der Waals surface area contributed by atoms with Crippen molar-refractivity contribution in [1.29, 1.82) is 0 Å². The van der Waals surface area contributed by atoms with Crippen molar-refractivity contribution < 1.29 is 4.74 Å². The van der Waals surface area contributed by atoms with Gasteiger partial charge in [0.15, 0.2) is 0 Å². The fraction of sp³-hybridized carbons (Fsp3) is 0.357. The first kappa shape index (κ1) is 24.3. The molecule has 0 bridgehead atoms. The van der Waals surface area contributed by atoms with Crippen LogP contribution in [0, 0.1) is 5.92 Å². The lowest BCUT2D eigenvalue weighted by molar-refractivity contribution is 0.359. The molecule has 0 heterocycles. The van der Waals surface area contributed by atoms with Gasteiger partial charge in [-0.2, -0.15) is 0 Å². The summed E-state index contributed by atoms with van der Waals surface area (Å²) >= 11 is 5.96. The Balaban J connectivity index is 1.55. The van der Waals surface area contributed by atoms with E-state index in [0.717, 1.165) is 43.7 Å². The number of aryl methyl sites for hydroxylation is 1. The monoisotopic (exact) mass is 450 g/mol. The summed E-state index contributed by atoms with van der Waals surface area (Å²) in [5.41, 5.74) is 9.26. The van der Waals surface area contributed by atoms with E-state index in [9.17, 15) is 0 Å². The highest BCUT2D eigenvalue weighted by atomic mass is 35.5. The third-order valence-corrected chi connectivity index (χ3v) is 5.80. The van der Waals surface area contributed by atoms with E-state index in [2.05, 4.69) is 61.6 Å². The zero-order valence-electron chi connectivity index (χ0n) is 19.1. The van der Waals surface area contributed by atoms with Crippen molar-refractivity contribution in [2.45, 2.75) is 51.6 Å². The maximum atomic E-state index is 6.69. The van der Waals surface area contributed by atoms with Gasteiger partial charge in [-0.1, -0.05) is 67.9 Å². The van der Waals surface area contributed by atoms with Crippen LogP contribution in [0.3, 0.4) is 0 Å². The van der Waals surface area contributed by atoms with Crippen LogP contribution in [0.2, 0.25) is 5.02 Å². The van der Waals surface area contributed by atoms with Crippen LogP contribution in [0.4, 0.5) is 0 Å². The second-order valence-electron chi connectivity index (χ2n) is 8.85. The smallest absolute Gasteiger partial charge is 0.127 e. The van der Waals surface area contributed by atoms with Gasteiger partial charge in [-0.3, -0.25) is 0 Å². The van der Waals surface area contributed by atoms with Gasteiger partial charge in [0.1, 0.15) is 11.5 Å². The van der Waals surface area contributed by atoms with Gasteiger partial charge in [0.25, 0.3) is 0 Å². The third kappa shape index (κ3) is 8.31. The van der Waals surface area contributed by atoms with Gasteiger partial charge in [-0.15, -0.1) is 0 Å². The van der Waals surface area contributed by atoms with Crippen molar-refractivity contribution in [2.75, 3.05) is 6.54 Å². The second-order valence-corrected chi connectivity index (χ2v) is 9.29.